The van der Waals surface area contributed by atoms with Crippen LogP contribution in [0.15, 0.2) is 53.9 Å². The minimum Gasteiger partial charge on any atom is -0.294 e. The first-order chi connectivity index (χ1) is 13.4. The Balaban J connectivity index is 1.45. The van der Waals surface area contributed by atoms with Crippen LogP contribution in [0.2, 0.25) is 5.02 Å². The van der Waals surface area contributed by atoms with Gasteiger partial charge in [-0.1, -0.05) is 29.8 Å². The number of halogens is 1. The standard InChI is InChI=1S/C20H19ClN4O2S/c1-28(26,27)20-23-11-16-13-25(9-8-19(16)24-20)12-14-2-7-18(22-10-14)15-3-5-17(21)6-4-15/h2-7,10-11H,8-9,12-13H2,1H3. The summed E-state index contributed by atoms with van der Waals surface area (Å²) in [6.07, 6.45) is 5.36. The van der Waals surface area contributed by atoms with Gasteiger partial charge in [-0.25, -0.2) is 18.4 Å². The number of pyridine rings is 1. The van der Waals surface area contributed by atoms with Crippen LogP contribution in [-0.2, 0) is 29.3 Å². The molecule has 0 radical (unpaired) electrons. The smallest absolute Gasteiger partial charge is 0.246 e. The summed E-state index contributed by atoms with van der Waals surface area (Å²) in [5.74, 6) is 0. The number of benzene rings is 1. The second-order valence-corrected chi connectivity index (χ2v) is 9.26. The number of aromatic nitrogens is 3. The predicted molar refractivity (Wildman–Crippen MR) is 108 cm³/mol. The number of sulfone groups is 1. The molecule has 0 bridgehead atoms. The van der Waals surface area contributed by atoms with Gasteiger partial charge in [-0.3, -0.25) is 9.88 Å². The van der Waals surface area contributed by atoms with Gasteiger partial charge < -0.3 is 0 Å². The maximum atomic E-state index is 11.6. The van der Waals surface area contributed by atoms with Crippen LogP contribution in [0.4, 0.5) is 0 Å². The van der Waals surface area contributed by atoms with E-state index < -0.39 is 9.84 Å². The van der Waals surface area contributed by atoms with Gasteiger partial charge in [-0.15, -0.1) is 0 Å². The third-order valence-electron chi connectivity index (χ3n) is 4.69. The first kappa shape index (κ1) is 19.0. The molecule has 0 unspecified atom stereocenters. The van der Waals surface area contributed by atoms with Crippen LogP contribution in [0.3, 0.4) is 0 Å². The van der Waals surface area contributed by atoms with Gasteiger partial charge in [0.2, 0.25) is 15.0 Å². The lowest BCUT2D eigenvalue weighted by atomic mass is 10.1. The van der Waals surface area contributed by atoms with Gasteiger partial charge in [-0.05, 0) is 23.8 Å². The Labute approximate surface area is 169 Å². The van der Waals surface area contributed by atoms with Crippen molar-refractivity contribution < 1.29 is 8.42 Å². The van der Waals surface area contributed by atoms with Gasteiger partial charge in [0.05, 0.1) is 11.4 Å². The molecule has 0 aliphatic carbocycles. The highest BCUT2D eigenvalue weighted by Crippen LogP contribution is 2.22. The lowest BCUT2D eigenvalue weighted by molar-refractivity contribution is 0.242. The van der Waals surface area contributed by atoms with E-state index in [1.165, 1.54) is 0 Å². The Bertz CT molecular complexity index is 1100. The van der Waals surface area contributed by atoms with Crippen molar-refractivity contribution in [1.29, 1.82) is 0 Å². The van der Waals surface area contributed by atoms with Crippen molar-refractivity contribution in [3.05, 3.63) is 70.6 Å². The Kier molecular flexibility index (Phi) is 5.14. The molecule has 28 heavy (non-hydrogen) atoms. The average Bonchev–Trinajstić information content (AvgIpc) is 2.68. The number of fused-ring (bicyclic) bond motifs is 1. The molecule has 2 aromatic heterocycles. The molecule has 6 nitrogen and oxygen atoms in total. The number of rotatable bonds is 4. The summed E-state index contributed by atoms with van der Waals surface area (Å²) in [5, 5.41) is 0.611. The van der Waals surface area contributed by atoms with Crippen LogP contribution >= 0.6 is 11.6 Å². The maximum absolute atomic E-state index is 11.6. The monoisotopic (exact) mass is 414 g/mol. The molecule has 0 amide bonds. The van der Waals surface area contributed by atoms with Gasteiger partial charge in [0.25, 0.3) is 0 Å². The van der Waals surface area contributed by atoms with E-state index >= 15 is 0 Å². The van der Waals surface area contributed by atoms with Crippen LogP contribution in [0.25, 0.3) is 11.3 Å². The minimum atomic E-state index is -3.38. The van der Waals surface area contributed by atoms with Crippen molar-refractivity contribution in [2.75, 3.05) is 12.8 Å². The molecule has 0 fully saturated rings. The molecule has 3 heterocycles. The molecule has 4 rings (SSSR count). The SMILES string of the molecule is CS(=O)(=O)c1ncc2c(n1)CCN(Cc1ccc(-c3ccc(Cl)cc3)nc1)C2. The summed E-state index contributed by atoms with van der Waals surface area (Å²) in [4.78, 5) is 15.1. The highest BCUT2D eigenvalue weighted by Gasteiger charge is 2.21. The molecule has 1 aromatic carbocycles. The number of nitrogens with zero attached hydrogens (tertiary/aromatic N) is 4. The van der Waals surface area contributed by atoms with E-state index in [0.29, 0.717) is 18.0 Å². The van der Waals surface area contributed by atoms with E-state index in [9.17, 15) is 8.42 Å². The first-order valence-electron chi connectivity index (χ1n) is 8.86. The van der Waals surface area contributed by atoms with Gasteiger partial charge in [-0.2, -0.15) is 0 Å². The molecule has 8 heteroatoms. The third kappa shape index (κ3) is 4.22. The Morgan fingerprint density at radius 3 is 2.54 bits per heavy atom. The fraction of sp³-hybridized carbons (Fsp3) is 0.250. The molecule has 144 valence electrons. The van der Waals surface area contributed by atoms with E-state index in [1.54, 1.807) is 6.20 Å². The van der Waals surface area contributed by atoms with Gasteiger partial charge >= 0.3 is 0 Å². The van der Waals surface area contributed by atoms with Crippen LogP contribution < -0.4 is 0 Å². The van der Waals surface area contributed by atoms with E-state index in [0.717, 1.165) is 47.4 Å². The second kappa shape index (κ2) is 7.58. The Hall–Kier alpha value is -2.35. The van der Waals surface area contributed by atoms with Crippen molar-refractivity contribution in [2.45, 2.75) is 24.7 Å². The number of hydrogen-bond donors (Lipinski definition) is 0. The summed E-state index contributed by atoms with van der Waals surface area (Å²) in [5.41, 5.74) is 4.86. The normalized spacial score (nSPS) is 14.6. The van der Waals surface area contributed by atoms with Crippen LogP contribution in [-0.4, -0.2) is 41.1 Å². The maximum Gasteiger partial charge on any atom is 0.246 e. The fourth-order valence-corrected chi connectivity index (χ4v) is 3.88. The number of hydrogen-bond acceptors (Lipinski definition) is 6. The van der Waals surface area contributed by atoms with Gasteiger partial charge in [0.15, 0.2) is 0 Å². The van der Waals surface area contributed by atoms with Crippen molar-refractivity contribution in [3.63, 3.8) is 0 Å². The molecular weight excluding hydrogens is 396 g/mol. The molecule has 1 aliphatic rings. The molecule has 0 saturated heterocycles. The quantitative estimate of drug-likeness (QED) is 0.610. The molecule has 1 aliphatic heterocycles. The van der Waals surface area contributed by atoms with Crippen LogP contribution in [0.1, 0.15) is 16.8 Å². The van der Waals surface area contributed by atoms with Gasteiger partial charge in [0, 0.05) is 60.9 Å². The molecule has 0 spiro atoms. The zero-order valence-electron chi connectivity index (χ0n) is 15.3. The fourth-order valence-electron chi connectivity index (χ4n) is 3.24. The highest BCUT2D eigenvalue weighted by molar-refractivity contribution is 7.90. The third-order valence-corrected chi connectivity index (χ3v) is 5.81. The summed E-state index contributed by atoms with van der Waals surface area (Å²) in [7, 11) is -3.38. The molecular formula is C20H19ClN4O2S. The Morgan fingerprint density at radius 2 is 1.86 bits per heavy atom. The zero-order valence-corrected chi connectivity index (χ0v) is 16.9. The lowest BCUT2D eigenvalue weighted by Gasteiger charge is -2.27. The van der Waals surface area contributed by atoms with Crippen molar-refractivity contribution >= 4 is 21.4 Å². The van der Waals surface area contributed by atoms with E-state index in [4.69, 9.17) is 11.6 Å². The van der Waals surface area contributed by atoms with Crippen LogP contribution in [0, 0.1) is 0 Å². The molecule has 0 N–H and O–H groups in total. The summed E-state index contributed by atoms with van der Waals surface area (Å²) < 4.78 is 23.2. The Morgan fingerprint density at radius 1 is 1.07 bits per heavy atom. The second-order valence-electron chi connectivity index (χ2n) is 6.92. The topological polar surface area (TPSA) is 76.1 Å². The summed E-state index contributed by atoms with van der Waals surface area (Å²) >= 11 is 5.93. The molecule has 0 saturated carbocycles. The van der Waals surface area contributed by atoms with E-state index in [-0.39, 0.29) is 5.16 Å². The largest absolute Gasteiger partial charge is 0.294 e. The lowest BCUT2D eigenvalue weighted by Crippen LogP contribution is -2.31. The van der Waals surface area contributed by atoms with E-state index in [2.05, 4.69) is 25.9 Å². The van der Waals surface area contributed by atoms with Gasteiger partial charge in [0.1, 0.15) is 0 Å². The summed E-state index contributed by atoms with van der Waals surface area (Å²) in [6.45, 7) is 2.27. The summed E-state index contributed by atoms with van der Waals surface area (Å²) in [6, 6.07) is 11.7. The highest BCUT2D eigenvalue weighted by atomic mass is 35.5. The average molecular weight is 415 g/mol. The minimum absolute atomic E-state index is 0.0957. The van der Waals surface area contributed by atoms with Crippen molar-refractivity contribution in [3.8, 4) is 11.3 Å². The van der Waals surface area contributed by atoms with E-state index in [1.807, 2.05) is 36.5 Å². The zero-order chi connectivity index (χ0) is 19.7. The molecule has 3 aromatic rings. The predicted octanol–water partition coefficient (Wildman–Crippen LogP) is 3.15. The van der Waals surface area contributed by atoms with Crippen molar-refractivity contribution in [2.24, 2.45) is 0 Å². The van der Waals surface area contributed by atoms with Crippen LogP contribution in [0.5, 0.6) is 0 Å². The van der Waals surface area contributed by atoms with Crippen molar-refractivity contribution in [1.82, 2.24) is 19.9 Å². The first-order valence-corrected chi connectivity index (χ1v) is 11.1. The molecule has 0 atom stereocenters.